The number of carbonyl (C=O) groups excluding carboxylic acids is 2. The SMILES string of the molecule is C[C@H]1NC(=O)NC2NC(=O)N[C@H](C)C21. The summed E-state index contributed by atoms with van der Waals surface area (Å²) < 4.78 is 0. The van der Waals surface area contributed by atoms with Gasteiger partial charge in [-0.25, -0.2) is 9.59 Å². The summed E-state index contributed by atoms with van der Waals surface area (Å²) in [5.74, 6) is 0.172. The van der Waals surface area contributed by atoms with E-state index in [9.17, 15) is 9.59 Å². The van der Waals surface area contributed by atoms with Gasteiger partial charge in [0.05, 0.1) is 0 Å². The molecule has 0 aliphatic carbocycles. The highest BCUT2D eigenvalue weighted by Crippen LogP contribution is 2.19. The number of rotatable bonds is 0. The molecule has 4 N–H and O–H groups in total. The Hall–Kier alpha value is -1.46. The van der Waals surface area contributed by atoms with Crippen LogP contribution in [0, 0.1) is 5.92 Å². The molecular weight excluding hydrogens is 184 g/mol. The number of amides is 4. The molecule has 78 valence electrons. The number of hydrogen-bond acceptors (Lipinski definition) is 2. The molecule has 2 atom stereocenters. The Morgan fingerprint density at radius 1 is 0.857 bits per heavy atom. The van der Waals surface area contributed by atoms with Crippen LogP contribution in [0.5, 0.6) is 0 Å². The minimum Gasteiger partial charge on any atom is -0.335 e. The van der Waals surface area contributed by atoms with E-state index < -0.39 is 0 Å². The molecule has 0 bridgehead atoms. The van der Waals surface area contributed by atoms with Gasteiger partial charge in [0, 0.05) is 18.0 Å². The second-order valence-corrected chi connectivity index (χ2v) is 3.87. The van der Waals surface area contributed by atoms with Crippen molar-refractivity contribution in [3.05, 3.63) is 0 Å². The van der Waals surface area contributed by atoms with Gasteiger partial charge in [0.2, 0.25) is 0 Å². The van der Waals surface area contributed by atoms with Gasteiger partial charge in [0.1, 0.15) is 6.17 Å². The van der Waals surface area contributed by atoms with Crippen molar-refractivity contribution in [3.8, 4) is 0 Å². The third kappa shape index (κ3) is 1.36. The smallest absolute Gasteiger partial charge is 0.316 e. The lowest BCUT2D eigenvalue weighted by molar-refractivity contribution is 0.139. The van der Waals surface area contributed by atoms with Crippen molar-refractivity contribution in [1.82, 2.24) is 21.3 Å². The molecule has 2 rings (SSSR count). The van der Waals surface area contributed by atoms with Crippen LogP contribution in [0.25, 0.3) is 0 Å². The number of fused-ring (bicyclic) bond motifs is 1. The zero-order valence-corrected chi connectivity index (χ0v) is 8.13. The lowest BCUT2D eigenvalue weighted by Crippen LogP contribution is -2.73. The van der Waals surface area contributed by atoms with Crippen LogP contribution in [0.15, 0.2) is 0 Å². The Kier molecular flexibility index (Phi) is 1.98. The molecule has 0 aromatic heterocycles. The number of nitrogens with one attached hydrogen (secondary N) is 4. The van der Waals surface area contributed by atoms with E-state index in [1.165, 1.54) is 0 Å². The Balaban J connectivity index is 2.18. The fraction of sp³-hybridized carbons (Fsp3) is 0.750. The minimum atomic E-state index is -0.262. The minimum absolute atomic E-state index is 0.0526. The lowest BCUT2D eigenvalue weighted by atomic mass is 9.87. The van der Waals surface area contributed by atoms with Gasteiger partial charge in [-0.2, -0.15) is 0 Å². The zero-order valence-electron chi connectivity index (χ0n) is 8.13. The van der Waals surface area contributed by atoms with Crippen molar-refractivity contribution in [1.29, 1.82) is 0 Å². The van der Waals surface area contributed by atoms with E-state index in [0.717, 1.165) is 0 Å². The average Bonchev–Trinajstić information content (AvgIpc) is 1.99. The summed E-state index contributed by atoms with van der Waals surface area (Å²) in [6.07, 6.45) is -0.262. The van der Waals surface area contributed by atoms with Crippen LogP contribution in [0.4, 0.5) is 9.59 Å². The average molecular weight is 198 g/mol. The molecule has 2 fully saturated rings. The molecule has 0 aromatic carbocycles. The maximum Gasteiger partial charge on any atom is 0.316 e. The van der Waals surface area contributed by atoms with Gasteiger partial charge >= 0.3 is 12.1 Å². The Bertz CT molecular complexity index is 255. The summed E-state index contributed by atoms with van der Waals surface area (Å²) in [6.45, 7) is 3.87. The van der Waals surface area contributed by atoms with E-state index in [-0.39, 0.29) is 36.2 Å². The third-order valence-electron chi connectivity index (χ3n) is 2.83. The zero-order chi connectivity index (χ0) is 10.3. The van der Waals surface area contributed by atoms with Gasteiger partial charge < -0.3 is 21.3 Å². The van der Waals surface area contributed by atoms with E-state index in [1.807, 2.05) is 13.8 Å². The quantitative estimate of drug-likeness (QED) is 0.416. The molecule has 2 aliphatic rings. The maximum atomic E-state index is 11.1. The summed E-state index contributed by atoms with van der Waals surface area (Å²) in [6, 6.07) is -0.352. The molecule has 4 amide bonds. The van der Waals surface area contributed by atoms with Crippen molar-refractivity contribution in [3.63, 3.8) is 0 Å². The Morgan fingerprint density at radius 2 is 1.29 bits per heavy atom. The molecule has 6 heteroatoms. The fourth-order valence-corrected chi connectivity index (χ4v) is 2.21. The van der Waals surface area contributed by atoms with E-state index >= 15 is 0 Å². The maximum absolute atomic E-state index is 11.1. The van der Waals surface area contributed by atoms with Gasteiger partial charge in [0.25, 0.3) is 0 Å². The molecule has 0 unspecified atom stereocenters. The van der Waals surface area contributed by atoms with Crippen molar-refractivity contribution >= 4 is 12.1 Å². The number of carbonyl (C=O) groups is 2. The summed E-state index contributed by atoms with van der Waals surface area (Å²) in [4.78, 5) is 22.3. The van der Waals surface area contributed by atoms with Crippen LogP contribution in [0.3, 0.4) is 0 Å². The molecule has 0 spiro atoms. The van der Waals surface area contributed by atoms with Crippen molar-refractivity contribution in [2.24, 2.45) is 5.92 Å². The van der Waals surface area contributed by atoms with Gasteiger partial charge in [0.15, 0.2) is 0 Å². The molecule has 0 saturated carbocycles. The van der Waals surface area contributed by atoms with Gasteiger partial charge in [-0.1, -0.05) is 0 Å². The molecule has 14 heavy (non-hydrogen) atoms. The van der Waals surface area contributed by atoms with E-state index in [1.54, 1.807) is 0 Å². The normalized spacial score (nSPS) is 41.3. The molecule has 2 aliphatic heterocycles. The van der Waals surface area contributed by atoms with Gasteiger partial charge in [-0.3, -0.25) is 0 Å². The first-order valence-electron chi connectivity index (χ1n) is 4.72. The van der Waals surface area contributed by atoms with Crippen LogP contribution in [0.2, 0.25) is 0 Å². The Labute approximate surface area is 81.8 Å². The highest BCUT2D eigenvalue weighted by Gasteiger charge is 2.41. The third-order valence-corrected chi connectivity index (χ3v) is 2.83. The highest BCUT2D eigenvalue weighted by atomic mass is 16.2. The second-order valence-electron chi connectivity index (χ2n) is 3.87. The highest BCUT2D eigenvalue weighted by molar-refractivity contribution is 5.80. The van der Waals surface area contributed by atoms with Crippen LogP contribution in [-0.2, 0) is 0 Å². The topological polar surface area (TPSA) is 82.3 Å². The molecule has 2 heterocycles. The van der Waals surface area contributed by atoms with Crippen molar-refractivity contribution < 1.29 is 9.59 Å². The molecule has 2 saturated heterocycles. The summed E-state index contributed by atoms with van der Waals surface area (Å²) >= 11 is 0. The standard InChI is InChI=1S/C8H14N4O2/c1-3-5-4(2)10-8(14)12-6(5)11-7(13)9-3/h3-6H,1-2H3,(H2,9,11,13)(H2,10,12,14)/t3-,4-,5?,6?/m1/s1. The van der Waals surface area contributed by atoms with Crippen LogP contribution >= 0.6 is 0 Å². The van der Waals surface area contributed by atoms with Gasteiger partial charge in [-0.15, -0.1) is 0 Å². The number of hydrogen-bond donors (Lipinski definition) is 4. The first-order chi connectivity index (χ1) is 6.58. The molecular formula is C8H14N4O2. The Morgan fingerprint density at radius 3 is 1.71 bits per heavy atom. The van der Waals surface area contributed by atoms with E-state index in [0.29, 0.717) is 0 Å². The van der Waals surface area contributed by atoms with Crippen molar-refractivity contribution in [2.75, 3.05) is 0 Å². The van der Waals surface area contributed by atoms with Gasteiger partial charge in [-0.05, 0) is 13.8 Å². The monoisotopic (exact) mass is 198 g/mol. The van der Waals surface area contributed by atoms with Crippen LogP contribution < -0.4 is 21.3 Å². The number of urea groups is 2. The second kappa shape index (κ2) is 3.04. The predicted molar refractivity (Wildman–Crippen MR) is 49.5 cm³/mol. The molecule has 0 radical (unpaired) electrons. The largest absolute Gasteiger partial charge is 0.335 e. The summed E-state index contributed by atoms with van der Waals surface area (Å²) in [7, 11) is 0. The van der Waals surface area contributed by atoms with Crippen LogP contribution in [0.1, 0.15) is 13.8 Å². The van der Waals surface area contributed by atoms with E-state index in [4.69, 9.17) is 0 Å². The fourth-order valence-electron chi connectivity index (χ4n) is 2.21. The lowest BCUT2D eigenvalue weighted by Gasteiger charge is -2.44. The van der Waals surface area contributed by atoms with Crippen molar-refractivity contribution in [2.45, 2.75) is 32.1 Å². The predicted octanol–water partition coefficient (Wildman–Crippen LogP) is -0.669. The van der Waals surface area contributed by atoms with E-state index in [2.05, 4.69) is 21.3 Å². The summed E-state index contributed by atoms with van der Waals surface area (Å²) in [5.41, 5.74) is 0. The molecule has 0 aromatic rings. The summed E-state index contributed by atoms with van der Waals surface area (Å²) in [5, 5.41) is 10.9. The molecule has 6 nitrogen and oxygen atoms in total. The first-order valence-corrected chi connectivity index (χ1v) is 4.72. The first kappa shape index (κ1) is 9.11. The van der Waals surface area contributed by atoms with Crippen LogP contribution in [-0.4, -0.2) is 30.3 Å².